The molecule has 0 radical (unpaired) electrons. The van der Waals surface area contributed by atoms with E-state index >= 15 is 0 Å². The highest BCUT2D eigenvalue weighted by Crippen LogP contribution is 2.31. The van der Waals surface area contributed by atoms with Gasteiger partial charge in [0.05, 0.1) is 29.4 Å². The van der Waals surface area contributed by atoms with Crippen LogP contribution in [0.15, 0.2) is 48.0 Å². The Hall–Kier alpha value is -2.73. The number of rotatable bonds is 4. The molecule has 5 nitrogen and oxygen atoms in total. The van der Waals surface area contributed by atoms with Crippen LogP contribution in [0.4, 0.5) is 0 Å². The summed E-state index contributed by atoms with van der Waals surface area (Å²) in [7, 11) is 1.68. The summed E-state index contributed by atoms with van der Waals surface area (Å²) in [4.78, 5) is 9.05. The highest BCUT2D eigenvalue weighted by atomic mass is 32.1. The average molecular weight is 336 g/mol. The first-order chi connectivity index (χ1) is 11.8. The molecule has 120 valence electrons. The second-order valence-electron chi connectivity index (χ2n) is 5.46. The number of hydrogen-bond donors (Lipinski definition) is 0. The summed E-state index contributed by atoms with van der Waals surface area (Å²) < 4.78 is 8.52. The predicted octanol–water partition coefficient (Wildman–Crippen LogP) is 3.92. The van der Waals surface area contributed by atoms with Crippen molar-refractivity contribution >= 4 is 21.6 Å². The van der Waals surface area contributed by atoms with Crippen molar-refractivity contribution in [2.75, 3.05) is 7.11 Å². The fourth-order valence-electron chi connectivity index (χ4n) is 2.82. The summed E-state index contributed by atoms with van der Waals surface area (Å²) in [5, 5.41) is 4.58. The van der Waals surface area contributed by atoms with Gasteiger partial charge in [0, 0.05) is 11.1 Å². The highest BCUT2D eigenvalue weighted by Gasteiger charge is 2.15. The quantitative estimate of drug-likeness (QED) is 0.567. The molecule has 24 heavy (non-hydrogen) atoms. The first kappa shape index (κ1) is 14.8. The summed E-state index contributed by atoms with van der Waals surface area (Å²) in [6, 6.07) is 14.1. The molecule has 4 rings (SSSR count). The van der Waals surface area contributed by atoms with Gasteiger partial charge in [-0.25, -0.2) is 14.6 Å². The molecule has 0 spiro atoms. The number of aromatic nitrogens is 4. The van der Waals surface area contributed by atoms with E-state index in [-0.39, 0.29) is 0 Å². The minimum Gasteiger partial charge on any atom is -0.496 e. The predicted molar refractivity (Wildman–Crippen MR) is 95.5 cm³/mol. The lowest BCUT2D eigenvalue weighted by Gasteiger charge is -2.10. The van der Waals surface area contributed by atoms with Gasteiger partial charge in [0.15, 0.2) is 5.82 Å². The maximum absolute atomic E-state index is 5.46. The molecule has 2 aromatic carbocycles. The largest absolute Gasteiger partial charge is 0.496 e. The van der Waals surface area contributed by atoms with E-state index in [9.17, 15) is 0 Å². The van der Waals surface area contributed by atoms with Crippen LogP contribution >= 0.6 is 11.3 Å². The standard InChI is InChI=1S/C18H16N4OS/c1-12-20-18(14-7-5-8-15-17(14)24-11-19-15)22(21-12)10-13-6-3-4-9-16(13)23-2/h3-9,11H,10H2,1-2H3. The van der Waals surface area contributed by atoms with Crippen molar-refractivity contribution in [3.8, 4) is 17.1 Å². The third kappa shape index (κ3) is 2.55. The highest BCUT2D eigenvalue weighted by molar-refractivity contribution is 7.17. The Labute approximate surface area is 143 Å². The van der Waals surface area contributed by atoms with Crippen molar-refractivity contribution in [2.45, 2.75) is 13.5 Å². The van der Waals surface area contributed by atoms with Crippen molar-refractivity contribution in [3.63, 3.8) is 0 Å². The molecule has 0 bridgehead atoms. The molecule has 2 heterocycles. The van der Waals surface area contributed by atoms with E-state index in [1.54, 1.807) is 18.4 Å². The smallest absolute Gasteiger partial charge is 0.160 e. The summed E-state index contributed by atoms with van der Waals surface area (Å²) in [5.41, 5.74) is 4.98. The molecule has 0 aliphatic rings. The number of fused-ring (bicyclic) bond motifs is 1. The van der Waals surface area contributed by atoms with Crippen molar-refractivity contribution in [3.05, 3.63) is 59.4 Å². The summed E-state index contributed by atoms with van der Waals surface area (Å²) in [6.07, 6.45) is 0. The van der Waals surface area contributed by atoms with Gasteiger partial charge in [-0.3, -0.25) is 0 Å². The van der Waals surface area contributed by atoms with E-state index < -0.39 is 0 Å². The van der Waals surface area contributed by atoms with Crippen LogP contribution in [0.5, 0.6) is 5.75 Å². The fourth-order valence-corrected chi connectivity index (χ4v) is 3.62. The Bertz CT molecular complexity index is 1010. The summed E-state index contributed by atoms with van der Waals surface area (Å²) in [6.45, 7) is 2.52. The normalized spacial score (nSPS) is 11.1. The second kappa shape index (κ2) is 6.05. The van der Waals surface area contributed by atoms with E-state index in [1.807, 2.05) is 53.5 Å². The third-order valence-corrected chi connectivity index (χ3v) is 4.76. The van der Waals surface area contributed by atoms with Gasteiger partial charge in [0.2, 0.25) is 0 Å². The van der Waals surface area contributed by atoms with E-state index in [2.05, 4.69) is 21.1 Å². The molecule has 0 aliphatic carbocycles. The summed E-state index contributed by atoms with van der Waals surface area (Å²) in [5.74, 6) is 2.46. The Morgan fingerprint density at radius 3 is 2.88 bits per heavy atom. The van der Waals surface area contributed by atoms with Gasteiger partial charge in [-0.15, -0.1) is 11.3 Å². The Balaban J connectivity index is 1.83. The minimum atomic E-state index is 0.607. The molecular weight excluding hydrogens is 320 g/mol. The van der Waals surface area contributed by atoms with Gasteiger partial charge in [-0.05, 0) is 25.1 Å². The van der Waals surface area contributed by atoms with E-state index in [0.717, 1.165) is 38.7 Å². The molecule has 2 aromatic heterocycles. The van der Waals surface area contributed by atoms with Crippen LogP contribution in [0.25, 0.3) is 21.6 Å². The number of benzene rings is 2. The third-order valence-electron chi connectivity index (χ3n) is 3.89. The van der Waals surface area contributed by atoms with Gasteiger partial charge < -0.3 is 4.74 Å². The minimum absolute atomic E-state index is 0.607. The van der Waals surface area contributed by atoms with Crippen LogP contribution in [-0.2, 0) is 6.54 Å². The number of aryl methyl sites for hydroxylation is 1. The molecular formula is C18H16N4OS. The molecule has 6 heteroatoms. The lowest BCUT2D eigenvalue weighted by Crippen LogP contribution is -2.06. The van der Waals surface area contributed by atoms with Crippen LogP contribution in [-0.4, -0.2) is 26.9 Å². The molecule has 0 unspecified atom stereocenters. The molecule has 0 aliphatic heterocycles. The first-order valence-electron chi connectivity index (χ1n) is 7.62. The number of ether oxygens (including phenoxy) is 1. The molecule has 0 fully saturated rings. The van der Waals surface area contributed by atoms with Crippen molar-refractivity contribution in [1.82, 2.24) is 19.7 Å². The number of methoxy groups -OCH3 is 1. The maximum Gasteiger partial charge on any atom is 0.160 e. The van der Waals surface area contributed by atoms with Gasteiger partial charge in [0.1, 0.15) is 11.6 Å². The molecule has 0 atom stereocenters. The second-order valence-corrected chi connectivity index (χ2v) is 6.31. The zero-order chi connectivity index (χ0) is 16.5. The SMILES string of the molecule is COc1ccccc1Cn1nc(C)nc1-c1cccc2ncsc12. The zero-order valence-electron chi connectivity index (χ0n) is 13.4. The Morgan fingerprint density at radius 2 is 2.00 bits per heavy atom. The van der Waals surface area contributed by atoms with Crippen molar-refractivity contribution in [2.24, 2.45) is 0 Å². The molecule has 0 amide bonds. The fraction of sp³-hybridized carbons (Fsp3) is 0.167. The van der Waals surface area contributed by atoms with Crippen LogP contribution < -0.4 is 4.74 Å². The monoisotopic (exact) mass is 336 g/mol. The molecule has 0 N–H and O–H groups in total. The van der Waals surface area contributed by atoms with Gasteiger partial charge in [-0.2, -0.15) is 5.10 Å². The van der Waals surface area contributed by atoms with E-state index in [4.69, 9.17) is 4.74 Å². The lowest BCUT2D eigenvalue weighted by molar-refractivity contribution is 0.407. The van der Waals surface area contributed by atoms with E-state index in [0.29, 0.717) is 6.54 Å². The van der Waals surface area contributed by atoms with Crippen molar-refractivity contribution < 1.29 is 4.74 Å². The average Bonchev–Trinajstić information content (AvgIpc) is 3.21. The Morgan fingerprint density at radius 1 is 1.12 bits per heavy atom. The van der Waals surface area contributed by atoms with Crippen molar-refractivity contribution in [1.29, 1.82) is 0 Å². The molecule has 4 aromatic rings. The lowest BCUT2D eigenvalue weighted by atomic mass is 10.1. The van der Waals surface area contributed by atoms with Crippen LogP contribution in [0.3, 0.4) is 0 Å². The van der Waals surface area contributed by atoms with Crippen LogP contribution in [0, 0.1) is 6.92 Å². The van der Waals surface area contributed by atoms with E-state index in [1.165, 1.54) is 0 Å². The number of thiazole rings is 1. The Kier molecular flexibility index (Phi) is 3.74. The molecule has 0 saturated heterocycles. The topological polar surface area (TPSA) is 52.8 Å². The number of nitrogens with zero attached hydrogens (tertiary/aromatic N) is 4. The van der Waals surface area contributed by atoms with Gasteiger partial charge in [-0.1, -0.05) is 24.3 Å². The maximum atomic E-state index is 5.46. The molecule has 0 saturated carbocycles. The number of hydrogen-bond acceptors (Lipinski definition) is 5. The van der Waals surface area contributed by atoms with Gasteiger partial charge in [0.25, 0.3) is 0 Å². The first-order valence-corrected chi connectivity index (χ1v) is 8.50. The van der Waals surface area contributed by atoms with Gasteiger partial charge >= 0.3 is 0 Å². The van der Waals surface area contributed by atoms with Crippen LogP contribution in [0.1, 0.15) is 11.4 Å². The van der Waals surface area contributed by atoms with Crippen LogP contribution in [0.2, 0.25) is 0 Å². The summed E-state index contributed by atoms with van der Waals surface area (Å²) >= 11 is 1.62. The number of para-hydroxylation sites is 1. The zero-order valence-corrected chi connectivity index (χ0v) is 14.2.